The Morgan fingerprint density at radius 1 is 0.931 bits per heavy atom. The lowest BCUT2D eigenvalue weighted by molar-refractivity contribution is 0.102. The van der Waals surface area contributed by atoms with Crippen molar-refractivity contribution < 1.29 is 13.9 Å². The first-order chi connectivity index (χ1) is 14.2. The van der Waals surface area contributed by atoms with Gasteiger partial charge in [0.1, 0.15) is 11.5 Å². The van der Waals surface area contributed by atoms with E-state index in [4.69, 9.17) is 20.8 Å². The molecule has 0 fully saturated rings. The fourth-order valence-corrected chi connectivity index (χ4v) is 3.33. The summed E-state index contributed by atoms with van der Waals surface area (Å²) >= 11 is 7.04. The Labute approximate surface area is 176 Å². The maximum atomic E-state index is 12.3. The Balaban J connectivity index is 1.41. The molecule has 0 aliphatic rings. The number of nitrogens with zero attached hydrogens (tertiary/aromatic N) is 2. The number of Topliss-reactive ketones (excluding diaryl/α,β-unsaturated/α-hetero) is 1. The molecule has 1 heterocycles. The third-order valence-electron chi connectivity index (χ3n) is 3.96. The van der Waals surface area contributed by atoms with Gasteiger partial charge in [0.05, 0.1) is 5.75 Å². The van der Waals surface area contributed by atoms with Crippen molar-refractivity contribution in [2.45, 2.75) is 5.22 Å². The molecule has 29 heavy (non-hydrogen) atoms. The molecular weight excluding hydrogens is 408 g/mol. The molecule has 0 atom stereocenters. The van der Waals surface area contributed by atoms with E-state index < -0.39 is 0 Å². The SMILES string of the molecule is O=C(CSc1nnc(-c2cccc(Oc3ccccc3)c2)o1)c1ccc(Cl)cc1. The highest BCUT2D eigenvalue weighted by molar-refractivity contribution is 7.99. The van der Waals surface area contributed by atoms with E-state index in [1.807, 2.05) is 54.6 Å². The highest BCUT2D eigenvalue weighted by atomic mass is 35.5. The summed E-state index contributed by atoms with van der Waals surface area (Å²) < 4.78 is 11.5. The Hall–Kier alpha value is -3.09. The minimum absolute atomic E-state index is 0.0373. The number of halogens is 1. The zero-order valence-corrected chi connectivity index (χ0v) is 16.7. The van der Waals surface area contributed by atoms with Gasteiger partial charge in [-0.3, -0.25) is 4.79 Å². The molecule has 0 radical (unpaired) electrons. The molecule has 4 rings (SSSR count). The predicted molar refractivity (Wildman–Crippen MR) is 113 cm³/mol. The molecule has 0 spiro atoms. The van der Waals surface area contributed by atoms with Gasteiger partial charge in [0.15, 0.2) is 5.78 Å². The van der Waals surface area contributed by atoms with Crippen molar-refractivity contribution in [1.29, 1.82) is 0 Å². The zero-order valence-electron chi connectivity index (χ0n) is 15.1. The first-order valence-corrected chi connectivity index (χ1v) is 10.1. The van der Waals surface area contributed by atoms with Crippen molar-refractivity contribution in [2.24, 2.45) is 0 Å². The van der Waals surface area contributed by atoms with Gasteiger partial charge in [-0.05, 0) is 54.6 Å². The van der Waals surface area contributed by atoms with Crippen LogP contribution in [0, 0.1) is 0 Å². The number of thioether (sulfide) groups is 1. The summed E-state index contributed by atoms with van der Waals surface area (Å²) in [5, 5.41) is 9.02. The summed E-state index contributed by atoms with van der Waals surface area (Å²) in [4.78, 5) is 12.3. The largest absolute Gasteiger partial charge is 0.457 e. The maximum Gasteiger partial charge on any atom is 0.277 e. The van der Waals surface area contributed by atoms with E-state index in [9.17, 15) is 4.79 Å². The monoisotopic (exact) mass is 422 g/mol. The molecule has 0 N–H and O–H groups in total. The fraction of sp³-hybridized carbons (Fsp3) is 0.0455. The van der Waals surface area contributed by atoms with Gasteiger partial charge >= 0.3 is 0 Å². The molecule has 4 aromatic rings. The lowest BCUT2D eigenvalue weighted by Crippen LogP contribution is -2.01. The molecule has 0 aliphatic carbocycles. The number of carbonyl (C=O) groups excluding carboxylic acids is 1. The number of aromatic nitrogens is 2. The van der Waals surface area contributed by atoms with E-state index in [1.165, 1.54) is 11.8 Å². The molecule has 1 aromatic heterocycles. The third-order valence-corrected chi connectivity index (χ3v) is 5.03. The Kier molecular flexibility index (Phi) is 5.93. The minimum atomic E-state index is -0.0373. The predicted octanol–water partition coefficient (Wildman–Crippen LogP) is 6.16. The fourth-order valence-electron chi connectivity index (χ4n) is 2.55. The van der Waals surface area contributed by atoms with E-state index in [2.05, 4.69) is 10.2 Å². The molecule has 0 unspecified atom stereocenters. The lowest BCUT2D eigenvalue weighted by Gasteiger charge is -2.05. The standard InChI is InChI=1S/C22H15ClN2O3S/c23-17-11-9-15(10-12-17)20(26)14-29-22-25-24-21(28-22)16-5-4-8-19(13-16)27-18-6-2-1-3-7-18/h1-13H,14H2. The lowest BCUT2D eigenvalue weighted by atomic mass is 10.1. The quantitative estimate of drug-likeness (QED) is 0.262. The molecule has 7 heteroatoms. The summed E-state index contributed by atoms with van der Waals surface area (Å²) in [5.41, 5.74) is 1.33. The van der Waals surface area contributed by atoms with Crippen LogP contribution in [0.5, 0.6) is 11.5 Å². The summed E-state index contributed by atoms with van der Waals surface area (Å²) in [6, 6.07) is 23.7. The van der Waals surface area contributed by atoms with E-state index in [-0.39, 0.29) is 11.5 Å². The van der Waals surface area contributed by atoms with Crippen LogP contribution in [0.4, 0.5) is 0 Å². The van der Waals surface area contributed by atoms with Crippen LogP contribution in [0.15, 0.2) is 88.5 Å². The number of ether oxygens (including phenoxy) is 1. The number of para-hydroxylation sites is 1. The van der Waals surface area contributed by atoms with Crippen molar-refractivity contribution in [2.75, 3.05) is 5.75 Å². The number of carbonyl (C=O) groups is 1. The molecular formula is C22H15ClN2O3S. The van der Waals surface area contributed by atoms with Crippen LogP contribution in [0.3, 0.4) is 0 Å². The highest BCUT2D eigenvalue weighted by Crippen LogP contribution is 2.28. The summed E-state index contributed by atoms with van der Waals surface area (Å²) in [5.74, 6) is 1.93. The van der Waals surface area contributed by atoms with Crippen LogP contribution in [0.2, 0.25) is 5.02 Å². The Morgan fingerprint density at radius 2 is 1.69 bits per heavy atom. The van der Waals surface area contributed by atoms with Crippen molar-refractivity contribution >= 4 is 29.1 Å². The molecule has 0 amide bonds. The molecule has 0 bridgehead atoms. The van der Waals surface area contributed by atoms with E-state index >= 15 is 0 Å². The molecule has 0 saturated heterocycles. The number of hydrogen-bond donors (Lipinski definition) is 0. The first-order valence-electron chi connectivity index (χ1n) is 8.76. The molecule has 3 aromatic carbocycles. The third kappa shape index (κ3) is 5.04. The second kappa shape index (κ2) is 8.94. The average Bonchev–Trinajstić information content (AvgIpc) is 3.23. The normalized spacial score (nSPS) is 10.7. The van der Waals surface area contributed by atoms with Crippen molar-refractivity contribution in [3.63, 3.8) is 0 Å². The van der Waals surface area contributed by atoms with E-state index in [0.29, 0.717) is 27.4 Å². The second-order valence-corrected chi connectivity index (χ2v) is 7.40. The molecule has 144 valence electrons. The molecule has 5 nitrogen and oxygen atoms in total. The van der Waals surface area contributed by atoms with Gasteiger partial charge < -0.3 is 9.15 Å². The molecule has 0 saturated carbocycles. The average molecular weight is 423 g/mol. The number of benzene rings is 3. The van der Waals surface area contributed by atoms with Crippen LogP contribution >= 0.6 is 23.4 Å². The Bertz CT molecular complexity index is 1110. The number of ketones is 1. The maximum absolute atomic E-state index is 12.3. The van der Waals surface area contributed by atoms with Gasteiger partial charge in [0.25, 0.3) is 5.22 Å². The summed E-state index contributed by atoms with van der Waals surface area (Å²) in [6.45, 7) is 0. The van der Waals surface area contributed by atoms with Crippen LogP contribution in [0.1, 0.15) is 10.4 Å². The van der Waals surface area contributed by atoms with Gasteiger partial charge in [-0.1, -0.05) is 47.6 Å². The highest BCUT2D eigenvalue weighted by Gasteiger charge is 2.13. The van der Waals surface area contributed by atoms with Crippen LogP contribution in [-0.2, 0) is 0 Å². The van der Waals surface area contributed by atoms with Gasteiger partial charge in [-0.15, -0.1) is 10.2 Å². The van der Waals surface area contributed by atoms with Crippen molar-refractivity contribution in [3.05, 3.63) is 89.4 Å². The van der Waals surface area contributed by atoms with Gasteiger partial charge in [0, 0.05) is 16.1 Å². The van der Waals surface area contributed by atoms with Crippen LogP contribution in [0.25, 0.3) is 11.5 Å². The number of hydrogen-bond acceptors (Lipinski definition) is 6. The van der Waals surface area contributed by atoms with Gasteiger partial charge in [-0.2, -0.15) is 0 Å². The summed E-state index contributed by atoms with van der Waals surface area (Å²) in [7, 11) is 0. The van der Waals surface area contributed by atoms with Crippen LogP contribution < -0.4 is 4.74 Å². The zero-order chi connectivity index (χ0) is 20.1. The van der Waals surface area contributed by atoms with Crippen LogP contribution in [-0.4, -0.2) is 21.7 Å². The molecule has 0 aliphatic heterocycles. The smallest absolute Gasteiger partial charge is 0.277 e. The first kappa shape index (κ1) is 19.2. The van der Waals surface area contributed by atoms with E-state index in [0.717, 1.165) is 11.3 Å². The summed E-state index contributed by atoms with van der Waals surface area (Å²) in [6.07, 6.45) is 0. The van der Waals surface area contributed by atoms with Crippen molar-refractivity contribution in [1.82, 2.24) is 10.2 Å². The second-order valence-electron chi connectivity index (χ2n) is 6.03. The topological polar surface area (TPSA) is 65.2 Å². The minimum Gasteiger partial charge on any atom is -0.457 e. The van der Waals surface area contributed by atoms with Gasteiger partial charge in [-0.25, -0.2) is 0 Å². The van der Waals surface area contributed by atoms with E-state index in [1.54, 1.807) is 24.3 Å². The van der Waals surface area contributed by atoms with Gasteiger partial charge in [0.2, 0.25) is 5.89 Å². The van der Waals surface area contributed by atoms with Crippen molar-refractivity contribution in [3.8, 4) is 23.0 Å². The number of rotatable bonds is 7. The Morgan fingerprint density at radius 3 is 2.48 bits per heavy atom.